The Hall–Kier alpha value is -1.47. The fraction of sp³-hybridized carbons (Fsp3) is 0.600. The molecule has 1 aromatic rings. The SMILES string of the molecule is Cc1cc(C)c(NC(=O)C2CCCN(S(C)(=O)=O)C2)c(C)n1. The number of sulfonamides is 1. The van der Waals surface area contributed by atoms with Gasteiger partial charge >= 0.3 is 0 Å². The molecule has 0 saturated carbocycles. The second kappa shape index (κ2) is 6.34. The third-order valence-corrected chi connectivity index (χ3v) is 5.27. The molecule has 0 aromatic carbocycles. The van der Waals surface area contributed by atoms with Gasteiger partial charge in [-0.25, -0.2) is 12.7 Å². The highest BCUT2D eigenvalue weighted by Crippen LogP contribution is 2.23. The van der Waals surface area contributed by atoms with Crippen molar-refractivity contribution in [2.45, 2.75) is 33.6 Å². The highest BCUT2D eigenvalue weighted by Gasteiger charge is 2.30. The lowest BCUT2D eigenvalue weighted by Crippen LogP contribution is -2.43. The van der Waals surface area contributed by atoms with Gasteiger partial charge in [0.2, 0.25) is 15.9 Å². The smallest absolute Gasteiger partial charge is 0.228 e. The van der Waals surface area contributed by atoms with Crippen LogP contribution in [0.2, 0.25) is 0 Å². The highest BCUT2D eigenvalue weighted by atomic mass is 32.2. The molecule has 1 aliphatic rings. The molecule has 0 radical (unpaired) electrons. The molecule has 1 saturated heterocycles. The van der Waals surface area contributed by atoms with E-state index in [2.05, 4.69) is 10.3 Å². The van der Waals surface area contributed by atoms with Crippen molar-refractivity contribution in [3.63, 3.8) is 0 Å². The van der Waals surface area contributed by atoms with Crippen molar-refractivity contribution in [3.05, 3.63) is 23.0 Å². The number of hydrogen-bond donors (Lipinski definition) is 1. The van der Waals surface area contributed by atoms with Crippen LogP contribution in [0.5, 0.6) is 0 Å². The first-order valence-corrected chi connectivity index (χ1v) is 9.24. The van der Waals surface area contributed by atoms with Crippen LogP contribution in [0.3, 0.4) is 0 Å². The zero-order valence-corrected chi connectivity index (χ0v) is 14.3. The van der Waals surface area contributed by atoms with Gasteiger partial charge in [0.25, 0.3) is 0 Å². The Morgan fingerprint density at radius 2 is 2.05 bits per heavy atom. The molecular weight excluding hydrogens is 302 g/mol. The van der Waals surface area contributed by atoms with Crippen LogP contribution in [0.4, 0.5) is 5.69 Å². The van der Waals surface area contributed by atoms with Crippen molar-refractivity contribution in [1.29, 1.82) is 0 Å². The number of hydrogen-bond acceptors (Lipinski definition) is 4. The van der Waals surface area contributed by atoms with Gasteiger partial charge in [0, 0.05) is 18.8 Å². The van der Waals surface area contributed by atoms with Crippen LogP contribution < -0.4 is 5.32 Å². The summed E-state index contributed by atoms with van der Waals surface area (Å²) >= 11 is 0. The first kappa shape index (κ1) is 16.9. The number of rotatable bonds is 3. The fourth-order valence-electron chi connectivity index (χ4n) is 2.90. The molecule has 1 N–H and O–H groups in total. The summed E-state index contributed by atoms with van der Waals surface area (Å²) in [5.41, 5.74) is 3.39. The van der Waals surface area contributed by atoms with E-state index in [0.29, 0.717) is 19.4 Å². The summed E-state index contributed by atoms with van der Waals surface area (Å²) in [7, 11) is -3.25. The van der Waals surface area contributed by atoms with Crippen molar-refractivity contribution in [2.75, 3.05) is 24.7 Å². The highest BCUT2D eigenvalue weighted by molar-refractivity contribution is 7.88. The molecule has 1 aromatic heterocycles. The van der Waals surface area contributed by atoms with Gasteiger partial charge in [-0.2, -0.15) is 0 Å². The van der Waals surface area contributed by atoms with E-state index < -0.39 is 10.0 Å². The molecule has 1 amide bonds. The van der Waals surface area contributed by atoms with E-state index in [1.54, 1.807) is 0 Å². The predicted molar refractivity (Wildman–Crippen MR) is 86.2 cm³/mol. The molecular formula is C15H23N3O3S. The fourth-order valence-corrected chi connectivity index (χ4v) is 3.81. The second-order valence-electron chi connectivity index (χ2n) is 5.99. The standard InChI is InChI=1S/C15H23N3O3S/c1-10-8-11(2)16-12(3)14(10)17-15(19)13-6-5-7-18(9-13)22(4,20)21/h8,13H,5-7,9H2,1-4H3,(H,17,19). The summed E-state index contributed by atoms with van der Waals surface area (Å²) in [6.07, 6.45) is 2.59. The molecule has 1 unspecified atom stereocenters. The minimum atomic E-state index is -3.25. The largest absolute Gasteiger partial charge is 0.324 e. The molecule has 1 aliphatic heterocycles. The Kier molecular flexibility index (Phi) is 4.87. The molecule has 0 aliphatic carbocycles. The van der Waals surface area contributed by atoms with E-state index in [-0.39, 0.29) is 18.4 Å². The second-order valence-corrected chi connectivity index (χ2v) is 7.97. The maximum Gasteiger partial charge on any atom is 0.228 e. The number of pyridine rings is 1. The predicted octanol–water partition coefficient (Wildman–Crippen LogP) is 1.62. The summed E-state index contributed by atoms with van der Waals surface area (Å²) in [6.45, 7) is 6.45. The summed E-state index contributed by atoms with van der Waals surface area (Å²) in [6, 6.07) is 1.92. The summed E-state index contributed by atoms with van der Waals surface area (Å²) in [4.78, 5) is 16.8. The third kappa shape index (κ3) is 3.84. The number of carbonyl (C=O) groups excluding carboxylic acids is 1. The summed E-state index contributed by atoms with van der Waals surface area (Å²) < 4.78 is 24.7. The van der Waals surface area contributed by atoms with Crippen LogP contribution in [0.15, 0.2) is 6.07 Å². The lowest BCUT2D eigenvalue weighted by molar-refractivity contribution is -0.120. The molecule has 6 nitrogen and oxygen atoms in total. The van der Waals surface area contributed by atoms with Crippen LogP contribution in [0.1, 0.15) is 29.8 Å². The number of carbonyl (C=O) groups is 1. The topological polar surface area (TPSA) is 79.4 Å². The molecule has 0 bridgehead atoms. The molecule has 1 fully saturated rings. The van der Waals surface area contributed by atoms with Gasteiger partial charge < -0.3 is 5.32 Å². The minimum Gasteiger partial charge on any atom is -0.324 e. The average Bonchev–Trinajstić information content (AvgIpc) is 2.41. The van der Waals surface area contributed by atoms with Crippen molar-refractivity contribution >= 4 is 21.6 Å². The Labute approximate surface area is 132 Å². The average molecular weight is 325 g/mol. The molecule has 122 valence electrons. The lowest BCUT2D eigenvalue weighted by Gasteiger charge is -2.30. The first-order chi connectivity index (χ1) is 10.2. The van der Waals surface area contributed by atoms with E-state index >= 15 is 0 Å². The van der Waals surface area contributed by atoms with E-state index in [9.17, 15) is 13.2 Å². The zero-order valence-electron chi connectivity index (χ0n) is 13.5. The van der Waals surface area contributed by atoms with Gasteiger partial charge in [0.15, 0.2) is 0 Å². The molecule has 22 heavy (non-hydrogen) atoms. The number of aromatic nitrogens is 1. The van der Waals surface area contributed by atoms with Gasteiger partial charge in [0.05, 0.1) is 23.6 Å². The van der Waals surface area contributed by atoms with Crippen molar-refractivity contribution in [3.8, 4) is 0 Å². The van der Waals surface area contributed by atoms with Gasteiger partial charge in [-0.3, -0.25) is 9.78 Å². The number of amides is 1. The van der Waals surface area contributed by atoms with E-state index in [0.717, 1.165) is 22.6 Å². The zero-order chi connectivity index (χ0) is 16.5. The number of nitrogens with zero attached hydrogens (tertiary/aromatic N) is 2. The first-order valence-electron chi connectivity index (χ1n) is 7.39. The Bertz CT molecular complexity index is 662. The normalized spacial score (nSPS) is 19.9. The van der Waals surface area contributed by atoms with Crippen LogP contribution in [0, 0.1) is 26.7 Å². The molecule has 1 atom stereocenters. The number of piperidine rings is 1. The summed E-state index contributed by atoms with van der Waals surface area (Å²) in [5.74, 6) is -0.450. The van der Waals surface area contributed by atoms with Gasteiger partial charge in [0.1, 0.15) is 0 Å². The van der Waals surface area contributed by atoms with E-state index in [4.69, 9.17) is 0 Å². The molecule has 2 heterocycles. The minimum absolute atomic E-state index is 0.134. The van der Waals surface area contributed by atoms with Gasteiger partial charge in [-0.05, 0) is 45.2 Å². The van der Waals surface area contributed by atoms with Crippen LogP contribution >= 0.6 is 0 Å². The number of anilines is 1. The van der Waals surface area contributed by atoms with E-state index in [1.807, 2.05) is 26.8 Å². The van der Waals surface area contributed by atoms with Crippen molar-refractivity contribution in [1.82, 2.24) is 9.29 Å². The molecule has 2 rings (SSSR count). The third-order valence-electron chi connectivity index (χ3n) is 4.00. The lowest BCUT2D eigenvalue weighted by atomic mass is 9.98. The Morgan fingerprint density at radius 3 is 2.64 bits per heavy atom. The number of aryl methyl sites for hydroxylation is 3. The number of nitrogens with one attached hydrogen (secondary N) is 1. The Balaban J connectivity index is 2.13. The van der Waals surface area contributed by atoms with Crippen molar-refractivity contribution < 1.29 is 13.2 Å². The molecule has 0 spiro atoms. The van der Waals surface area contributed by atoms with Crippen molar-refractivity contribution in [2.24, 2.45) is 5.92 Å². The maximum absolute atomic E-state index is 12.5. The quantitative estimate of drug-likeness (QED) is 0.916. The van der Waals surface area contributed by atoms with Crippen LogP contribution in [-0.2, 0) is 14.8 Å². The van der Waals surface area contributed by atoms with E-state index in [1.165, 1.54) is 10.6 Å². The molecule has 7 heteroatoms. The monoisotopic (exact) mass is 325 g/mol. The van der Waals surface area contributed by atoms with Gasteiger partial charge in [-0.1, -0.05) is 0 Å². The maximum atomic E-state index is 12.5. The van der Waals surface area contributed by atoms with Crippen LogP contribution in [0.25, 0.3) is 0 Å². The van der Waals surface area contributed by atoms with Gasteiger partial charge in [-0.15, -0.1) is 0 Å². The summed E-state index contributed by atoms with van der Waals surface area (Å²) in [5, 5.41) is 2.92. The Morgan fingerprint density at radius 1 is 1.36 bits per heavy atom. The van der Waals surface area contributed by atoms with Crippen LogP contribution in [-0.4, -0.2) is 43.0 Å².